The number of aliphatic hydroxyl groups is 2. The van der Waals surface area contributed by atoms with Crippen molar-refractivity contribution in [2.45, 2.75) is 0 Å². The molecule has 0 spiro atoms. The van der Waals surface area contributed by atoms with Gasteiger partial charge in [-0.3, -0.25) is 0 Å². The third kappa shape index (κ3) is 1.96. The fourth-order valence-corrected chi connectivity index (χ4v) is 5.49. The molecule has 18 heavy (non-hydrogen) atoms. The second-order valence-corrected chi connectivity index (χ2v) is 11.1. The molecule has 0 amide bonds. The minimum absolute atomic E-state index is 0.252. The molecule has 0 saturated heterocycles. The summed E-state index contributed by atoms with van der Waals surface area (Å²) in [7, 11) is 0. The van der Waals surface area contributed by atoms with Gasteiger partial charge in [0.1, 0.15) is 0 Å². The van der Waals surface area contributed by atoms with E-state index in [1.165, 1.54) is 0 Å². The summed E-state index contributed by atoms with van der Waals surface area (Å²) in [6.07, 6.45) is -0.505. The van der Waals surface area contributed by atoms with Crippen molar-refractivity contribution in [2.75, 3.05) is 12.7 Å². The maximum absolute atomic E-state index is 9.91. The van der Waals surface area contributed by atoms with Gasteiger partial charge in [-0.25, -0.2) is 0 Å². The predicted molar refractivity (Wildman–Crippen MR) is 79.1 cm³/mol. The van der Waals surface area contributed by atoms with Crippen molar-refractivity contribution in [3.05, 3.63) is 60.7 Å². The van der Waals surface area contributed by atoms with Gasteiger partial charge >= 0.3 is 111 Å². The Bertz CT molecular complexity index is 468. The van der Waals surface area contributed by atoms with Gasteiger partial charge in [-0.05, 0) is 0 Å². The first-order chi connectivity index (χ1) is 8.64. The van der Waals surface area contributed by atoms with E-state index in [9.17, 15) is 10.2 Å². The summed E-state index contributed by atoms with van der Waals surface area (Å²) < 4.78 is 0. The molecule has 2 N–H and O–H groups in total. The van der Waals surface area contributed by atoms with E-state index in [-0.39, 0.29) is 12.7 Å². The van der Waals surface area contributed by atoms with Crippen LogP contribution < -0.4 is 10.6 Å². The molecule has 0 radical (unpaired) electrons. The molecule has 2 nitrogen and oxygen atoms in total. The molecule has 0 heterocycles. The standard InChI is InChI=1S/C14H16ClO2P/c15-18(11-16,12-17,13-7-3-1-4-8-13)14-9-5-2-6-10-14/h1-10,16-17H,11-12H2. The molecule has 0 aliphatic rings. The Morgan fingerprint density at radius 1 is 0.722 bits per heavy atom. The van der Waals surface area contributed by atoms with Crippen LogP contribution in [0.2, 0.25) is 0 Å². The number of halogens is 1. The Morgan fingerprint density at radius 2 is 1.06 bits per heavy atom. The number of aliphatic hydroxyl groups excluding tert-OH is 2. The predicted octanol–water partition coefficient (Wildman–Crippen LogP) is 2.24. The van der Waals surface area contributed by atoms with Crippen LogP contribution >= 0.6 is 17.2 Å². The summed E-state index contributed by atoms with van der Waals surface area (Å²) in [5.74, 6) is -3.40. The van der Waals surface area contributed by atoms with Gasteiger partial charge in [0.2, 0.25) is 0 Å². The van der Waals surface area contributed by atoms with E-state index in [1.807, 2.05) is 60.7 Å². The Morgan fingerprint density at radius 3 is 1.33 bits per heavy atom. The van der Waals surface area contributed by atoms with Gasteiger partial charge in [0.05, 0.1) is 0 Å². The number of hydrogen-bond acceptors (Lipinski definition) is 2. The third-order valence-electron chi connectivity index (χ3n) is 3.29. The van der Waals surface area contributed by atoms with Crippen molar-refractivity contribution in [1.82, 2.24) is 0 Å². The van der Waals surface area contributed by atoms with E-state index in [0.717, 1.165) is 10.6 Å². The molecular formula is C14H16ClO2P. The van der Waals surface area contributed by atoms with E-state index in [2.05, 4.69) is 0 Å². The summed E-state index contributed by atoms with van der Waals surface area (Å²) in [6.45, 7) is 0. The van der Waals surface area contributed by atoms with Crippen LogP contribution in [-0.4, -0.2) is 22.9 Å². The summed E-state index contributed by atoms with van der Waals surface area (Å²) in [4.78, 5) is 0. The zero-order valence-electron chi connectivity index (χ0n) is 9.91. The zero-order chi connectivity index (χ0) is 13.1. The maximum atomic E-state index is 9.91. The molecule has 0 saturated carbocycles. The van der Waals surface area contributed by atoms with Gasteiger partial charge in [-0.2, -0.15) is 0 Å². The first kappa shape index (κ1) is 13.5. The van der Waals surface area contributed by atoms with Crippen LogP contribution in [-0.2, 0) is 0 Å². The van der Waals surface area contributed by atoms with E-state index in [4.69, 9.17) is 11.2 Å². The van der Waals surface area contributed by atoms with Gasteiger partial charge in [-0.15, -0.1) is 0 Å². The Hall–Kier alpha value is -0.920. The molecule has 0 aliphatic carbocycles. The zero-order valence-corrected chi connectivity index (χ0v) is 11.6. The summed E-state index contributed by atoms with van der Waals surface area (Å²) in [5.41, 5.74) is 0. The molecule has 0 bridgehead atoms. The fraction of sp³-hybridized carbons (Fsp3) is 0.143. The molecule has 0 unspecified atom stereocenters. The van der Waals surface area contributed by atoms with Crippen molar-refractivity contribution in [3.63, 3.8) is 0 Å². The summed E-state index contributed by atoms with van der Waals surface area (Å²) in [5, 5.41) is 21.4. The molecule has 0 aliphatic heterocycles. The Balaban J connectivity index is 2.71. The molecule has 0 atom stereocenters. The topological polar surface area (TPSA) is 40.5 Å². The molecule has 2 aromatic rings. The van der Waals surface area contributed by atoms with Crippen molar-refractivity contribution in [1.29, 1.82) is 0 Å². The van der Waals surface area contributed by atoms with Gasteiger partial charge in [0, 0.05) is 0 Å². The van der Waals surface area contributed by atoms with Crippen LogP contribution in [0.5, 0.6) is 0 Å². The molecule has 2 rings (SSSR count). The third-order valence-corrected chi connectivity index (χ3v) is 9.24. The van der Waals surface area contributed by atoms with Gasteiger partial charge in [0.25, 0.3) is 0 Å². The molecular weight excluding hydrogens is 267 g/mol. The van der Waals surface area contributed by atoms with Gasteiger partial charge < -0.3 is 0 Å². The van der Waals surface area contributed by atoms with E-state index in [0.29, 0.717) is 0 Å². The average molecular weight is 283 g/mol. The van der Waals surface area contributed by atoms with Crippen molar-refractivity contribution >= 4 is 27.8 Å². The van der Waals surface area contributed by atoms with Crippen LogP contribution in [0.1, 0.15) is 0 Å². The number of hydrogen-bond donors (Lipinski definition) is 2. The fourth-order valence-electron chi connectivity index (χ4n) is 2.06. The molecule has 0 aromatic heterocycles. The number of benzene rings is 2. The number of rotatable bonds is 4. The molecule has 0 fully saturated rings. The monoisotopic (exact) mass is 282 g/mol. The van der Waals surface area contributed by atoms with Crippen LogP contribution in [0, 0.1) is 0 Å². The SMILES string of the molecule is OCP(Cl)(CO)(c1ccccc1)c1ccccc1. The first-order valence-corrected chi connectivity index (χ1v) is 9.21. The Kier molecular flexibility index (Phi) is 3.74. The van der Waals surface area contributed by atoms with E-state index >= 15 is 0 Å². The van der Waals surface area contributed by atoms with Crippen LogP contribution in [0.25, 0.3) is 0 Å². The van der Waals surface area contributed by atoms with Gasteiger partial charge in [-0.1, -0.05) is 0 Å². The first-order valence-electron chi connectivity index (χ1n) is 5.70. The summed E-state index contributed by atoms with van der Waals surface area (Å²) >= 11 is 6.85. The van der Waals surface area contributed by atoms with Crippen LogP contribution in [0.15, 0.2) is 60.7 Å². The quantitative estimate of drug-likeness (QED) is 0.845. The van der Waals surface area contributed by atoms with Crippen LogP contribution in [0.4, 0.5) is 0 Å². The van der Waals surface area contributed by atoms with E-state index in [1.54, 1.807) is 0 Å². The Labute approximate surface area is 112 Å². The molecule has 4 heteroatoms. The van der Waals surface area contributed by atoms with Gasteiger partial charge in [0.15, 0.2) is 0 Å². The normalized spacial score (nSPS) is 13.8. The summed E-state index contributed by atoms with van der Waals surface area (Å²) in [6, 6.07) is 18.7. The van der Waals surface area contributed by atoms with Crippen molar-refractivity contribution in [2.24, 2.45) is 0 Å². The second kappa shape index (κ2) is 4.99. The van der Waals surface area contributed by atoms with E-state index < -0.39 is 5.96 Å². The minimum atomic E-state index is -3.40. The molecule has 96 valence electrons. The van der Waals surface area contributed by atoms with Crippen molar-refractivity contribution in [3.8, 4) is 0 Å². The molecule has 2 aromatic carbocycles. The van der Waals surface area contributed by atoms with Crippen LogP contribution in [0.3, 0.4) is 0 Å². The van der Waals surface area contributed by atoms with Crippen molar-refractivity contribution < 1.29 is 10.2 Å². The average Bonchev–Trinajstić information content (AvgIpc) is 2.48. The second-order valence-electron chi connectivity index (χ2n) is 4.33.